The third-order valence-corrected chi connectivity index (χ3v) is 4.42. The molecule has 0 unspecified atom stereocenters. The third kappa shape index (κ3) is 3.00. The molecule has 0 aliphatic rings. The Morgan fingerprint density at radius 3 is 2.27 bits per heavy atom. The molecule has 0 heterocycles. The Morgan fingerprint density at radius 1 is 1.20 bits per heavy atom. The summed E-state index contributed by atoms with van der Waals surface area (Å²) < 4.78 is 0. The molecule has 1 aromatic carbocycles. The van der Waals surface area contributed by atoms with Crippen LogP contribution in [0.15, 0.2) is 18.2 Å². The summed E-state index contributed by atoms with van der Waals surface area (Å²) in [5, 5.41) is 1.10. The van der Waals surface area contributed by atoms with Gasteiger partial charge in [-0.2, -0.15) is 0 Å². The largest absolute Gasteiger partial charge is 0.372 e. The van der Waals surface area contributed by atoms with Crippen LogP contribution in [0.4, 0.5) is 5.69 Å². The molecule has 0 saturated heterocycles. The average molecular weight is 264 g/mol. The molecule has 0 aliphatic heterocycles. The van der Waals surface area contributed by atoms with Crippen LogP contribution >= 0.6 is 29.1 Å². The van der Waals surface area contributed by atoms with E-state index in [0.29, 0.717) is 0 Å². The van der Waals surface area contributed by atoms with Crippen molar-refractivity contribution < 1.29 is 0 Å². The van der Waals surface area contributed by atoms with Gasteiger partial charge in [-0.25, -0.2) is 0 Å². The Kier molecular flexibility index (Phi) is 5.18. The van der Waals surface area contributed by atoms with E-state index in [4.69, 9.17) is 22.5 Å². The molecular formula is C11H16Cl2NP. The SMILES string of the molecule is CCN(CC)c1cccc(C)c1P(Cl)Cl. The van der Waals surface area contributed by atoms with Crippen molar-refractivity contribution in [3.8, 4) is 0 Å². The fourth-order valence-electron chi connectivity index (χ4n) is 1.68. The lowest BCUT2D eigenvalue weighted by Gasteiger charge is -2.25. The number of hydrogen-bond donors (Lipinski definition) is 0. The highest BCUT2D eigenvalue weighted by Crippen LogP contribution is 2.48. The highest BCUT2D eigenvalue weighted by Gasteiger charge is 2.16. The van der Waals surface area contributed by atoms with Crippen molar-refractivity contribution in [1.29, 1.82) is 0 Å². The van der Waals surface area contributed by atoms with E-state index < -0.39 is 6.63 Å². The Bertz CT molecular complexity index is 324. The summed E-state index contributed by atoms with van der Waals surface area (Å²) in [5.41, 5.74) is 2.35. The quantitative estimate of drug-likeness (QED) is 0.734. The topological polar surface area (TPSA) is 3.24 Å². The Labute approximate surface area is 103 Å². The van der Waals surface area contributed by atoms with Crippen LogP contribution in [0.25, 0.3) is 0 Å². The van der Waals surface area contributed by atoms with Crippen molar-refractivity contribution in [1.82, 2.24) is 0 Å². The number of nitrogens with zero attached hydrogens (tertiary/aromatic N) is 1. The highest BCUT2D eigenvalue weighted by atomic mass is 35.9. The van der Waals surface area contributed by atoms with Crippen LogP contribution in [-0.4, -0.2) is 13.1 Å². The predicted molar refractivity (Wildman–Crippen MR) is 73.0 cm³/mol. The van der Waals surface area contributed by atoms with Crippen LogP contribution in [0.1, 0.15) is 19.4 Å². The number of anilines is 1. The molecule has 84 valence electrons. The van der Waals surface area contributed by atoms with Crippen LogP contribution in [0.3, 0.4) is 0 Å². The van der Waals surface area contributed by atoms with E-state index in [2.05, 4.69) is 43.9 Å². The lowest BCUT2D eigenvalue weighted by Crippen LogP contribution is -2.27. The first-order valence-corrected chi connectivity index (χ1v) is 8.23. The predicted octanol–water partition coefficient (Wildman–Crippen LogP) is 4.26. The molecule has 4 heteroatoms. The monoisotopic (exact) mass is 263 g/mol. The van der Waals surface area contributed by atoms with Crippen molar-refractivity contribution in [2.75, 3.05) is 18.0 Å². The Balaban J connectivity index is 3.21. The zero-order valence-electron chi connectivity index (χ0n) is 9.30. The average Bonchev–Trinajstić information content (AvgIpc) is 2.19. The zero-order valence-corrected chi connectivity index (χ0v) is 11.7. The van der Waals surface area contributed by atoms with Crippen LogP contribution in [0.5, 0.6) is 0 Å². The normalized spacial score (nSPS) is 10.8. The summed E-state index contributed by atoms with van der Waals surface area (Å²) >= 11 is 12.2. The van der Waals surface area contributed by atoms with Crippen LogP contribution in [0.2, 0.25) is 0 Å². The van der Waals surface area contributed by atoms with Gasteiger partial charge in [-0.1, -0.05) is 34.6 Å². The first kappa shape index (κ1) is 13.1. The van der Waals surface area contributed by atoms with Gasteiger partial charge in [-0.15, -0.1) is 0 Å². The molecule has 0 N–H and O–H groups in total. The van der Waals surface area contributed by atoms with Crippen molar-refractivity contribution >= 4 is 40.1 Å². The molecule has 0 amide bonds. The minimum absolute atomic E-state index is 0.976. The summed E-state index contributed by atoms with van der Waals surface area (Å²) in [6, 6.07) is 6.21. The van der Waals surface area contributed by atoms with Gasteiger partial charge >= 0.3 is 0 Å². The number of aryl methyl sites for hydroxylation is 1. The smallest absolute Gasteiger partial charge is 0.119 e. The molecule has 1 rings (SSSR count). The van der Waals surface area contributed by atoms with E-state index in [1.165, 1.54) is 11.3 Å². The molecule has 0 spiro atoms. The lowest BCUT2D eigenvalue weighted by atomic mass is 10.2. The van der Waals surface area contributed by atoms with Crippen LogP contribution in [-0.2, 0) is 0 Å². The van der Waals surface area contributed by atoms with Gasteiger partial charge in [0.05, 0.1) is 0 Å². The summed E-state index contributed by atoms with van der Waals surface area (Å²) in [7, 11) is 0. The summed E-state index contributed by atoms with van der Waals surface area (Å²) in [6.07, 6.45) is 0. The van der Waals surface area contributed by atoms with E-state index in [-0.39, 0.29) is 0 Å². The van der Waals surface area contributed by atoms with E-state index in [0.717, 1.165) is 18.4 Å². The number of benzene rings is 1. The second-order valence-corrected chi connectivity index (χ2v) is 6.81. The van der Waals surface area contributed by atoms with E-state index in [1.807, 2.05) is 0 Å². The molecule has 1 nitrogen and oxygen atoms in total. The first-order valence-electron chi connectivity index (χ1n) is 5.08. The maximum atomic E-state index is 6.08. The van der Waals surface area contributed by atoms with Gasteiger partial charge in [-0.05, 0) is 32.4 Å². The lowest BCUT2D eigenvalue weighted by molar-refractivity contribution is 0.869. The summed E-state index contributed by atoms with van der Waals surface area (Å²) in [4.78, 5) is 2.28. The van der Waals surface area contributed by atoms with Gasteiger partial charge in [0, 0.05) is 24.1 Å². The van der Waals surface area contributed by atoms with Crippen molar-refractivity contribution in [3.63, 3.8) is 0 Å². The number of halogens is 2. The fraction of sp³-hybridized carbons (Fsp3) is 0.455. The maximum Gasteiger partial charge on any atom is 0.119 e. The zero-order chi connectivity index (χ0) is 11.4. The minimum Gasteiger partial charge on any atom is -0.372 e. The van der Waals surface area contributed by atoms with Gasteiger partial charge in [0.1, 0.15) is 6.63 Å². The van der Waals surface area contributed by atoms with Gasteiger partial charge in [0.2, 0.25) is 0 Å². The molecular weight excluding hydrogens is 248 g/mol. The fourth-order valence-corrected chi connectivity index (χ4v) is 3.73. The second kappa shape index (κ2) is 5.94. The standard InChI is InChI=1S/C11H16Cl2NP/c1-4-14(5-2)10-8-6-7-9(3)11(10)15(12)13/h6-8H,4-5H2,1-3H3. The van der Waals surface area contributed by atoms with Gasteiger partial charge in [-0.3, -0.25) is 0 Å². The van der Waals surface area contributed by atoms with Crippen molar-refractivity contribution in [3.05, 3.63) is 23.8 Å². The number of hydrogen-bond acceptors (Lipinski definition) is 1. The Hall–Kier alpha value is 0.0300. The second-order valence-electron chi connectivity index (χ2n) is 3.35. The maximum absolute atomic E-state index is 6.08. The summed E-state index contributed by atoms with van der Waals surface area (Å²) in [6.45, 7) is 7.21. The molecule has 0 aromatic heterocycles. The van der Waals surface area contributed by atoms with Crippen LogP contribution in [0, 0.1) is 6.92 Å². The van der Waals surface area contributed by atoms with Crippen molar-refractivity contribution in [2.24, 2.45) is 0 Å². The molecule has 0 aliphatic carbocycles. The van der Waals surface area contributed by atoms with Crippen LogP contribution < -0.4 is 10.2 Å². The molecule has 0 atom stereocenters. The van der Waals surface area contributed by atoms with Gasteiger partial charge in [0.25, 0.3) is 0 Å². The van der Waals surface area contributed by atoms with E-state index in [9.17, 15) is 0 Å². The molecule has 1 aromatic rings. The molecule has 0 fully saturated rings. The van der Waals surface area contributed by atoms with Gasteiger partial charge < -0.3 is 4.90 Å². The number of rotatable bonds is 4. The molecule has 0 saturated carbocycles. The Morgan fingerprint density at radius 2 is 1.80 bits per heavy atom. The highest BCUT2D eigenvalue weighted by molar-refractivity contribution is 8.09. The molecule has 15 heavy (non-hydrogen) atoms. The first-order chi connectivity index (χ1) is 7.11. The molecule has 0 radical (unpaired) electrons. The molecule has 0 bridgehead atoms. The minimum atomic E-state index is -1.08. The van der Waals surface area contributed by atoms with E-state index in [1.54, 1.807) is 0 Å². The summed E-state index contributed by atoms with van der Waals surface area (Å²) in [5.74, 6) is 0. The van der Waals surface area contributed by atoms with Gasteiger partial charge in [0.15, 0.2) is 0 Å². The van der Waals surface area contributed by atoms with Crippen molar-refractivity contribution in [2.45, 2.75) is 20.8 Å². The third-order valence-electron chi connectivity index (χ3n) is 2.49. The van der Waals surface area contributed by atoms with E-state index >= 15 is 0 Å².